The number of anilines is 1. The molecular formula is C10H13N5O2. The number of amides is 1. The summed E-state index contributed by atoms with van der Waals surface area (Å²) in [4.78, 5) is 14.6. The summed E-state index contributed by atoms with van der Waals surface area (Å²) >= 11 is 0. The van der Waals surface area contributed by atoms with E-state index in [1.54, 1.807) is 16.9 Å². The summed E-state index contributed by atoms with van der Waals surface area (Å²) in [6, 6.07) is 1.92. The maximum atomic E-state index is 10.4. The number of hydrogen-bond donors (Lipinski definition) is 2. The van der Waals surface area contributed by atoms with Crippen LogP contribution in [0.25, 0.3) is 5.52 Å². The predicted octanol–water partition coefficient (Wildman–Crippen LogP) is 0.545. The van der Waals surface area contributed by atoms with Gasteiger partial charge in [-0.3, -0.25) is 0 Å². The van der Waals surface area contributed by atoms with Gasteiger partial charge in [0.15, 0.2) is 5.82 Å². The molecule has 0 bridgehead atoms. The largest absolute Gasteiger partial charge is 0.448 e. The van der Waals surface area contributed by atoms with Crippen LogP contribution in [0.3, 0.4) is 0 Å². The van der Waals surface area contributed by atoms with Crippen LogP contribution in [0, 0.1) is 6.92 Å². The fraction of sp³-hybridized carbons (Fsp3) is 0.300. The lowest BCUT2D eigenvalue weighted by atomic mass is 10.4. The third-order valence-corrected chi connectivity index (χ3v) is 2.15. The zero-order valence-corrected chi connectivity index (χ0v) is 9.38. The summed E-state index contributed by atoms with van der Waals surface area (Å²) in [5.74, 6) is 0.696. The number of carbonyl (C=O) groups is 1. The number of fused-ring (bicyclic) bond motifs is 1. The highest BCUT2D eigenvalue weighted by molar-refractivity contribution is 5.67. The van der Waals surface area contributed by atoms with E-state index in [4.69, 9.17) is 5.73 Å². The molecule has 0 aliphatic rings. The Kier molecular flexibility index (Phi) is 3.08. The molecule has 0 aliphatic carbocycles. The van der Waals surface area contributed by atoms with Crippen molar-refractivity contribution in [3.8, 4) is 0 Å². The molecule has 2 rings (SSSR count). The lowest BCUT2D eigenvalue weighted by Gasteiger charge is -2.06. The fourth-order valence-electron chi connectivity index (χ4n) is 1.50. The van der Waals surface area contributed by atoms with Crippen LogP contribution in [0.2, 0.25) is 0 Å². The second kappa shape index (κ2) is 4.69. The number of hydrogen-bond acceptors (Lipinski definition) is 5. The highest BCUT2D eigenvalue weighted by atomic mass is 16.5. The van der Waals surface area contributed by atoms with Gasteiger partial charge in [0.25, 0.3) is 0 Å². The third kappa shape index (κ3) is 2.63. The van der Waals surface area contributed by atoms with Crippen molar-refractivity contribution < 1.29 is 9.53 Å². The maximum absolute atomic E-state index is 10.4. The van der Waals surface area contributed by atoms with Gasteiger partial charge in [0.2, 0.25) is 0 Å². The summed E-state index contributed by atoms with van der Waals surface area (Å²) in [6.45, 7) is 2.55. The van der Waals surface area contributed by atoms with E-state index in [0.717, 1.165) is 11.2 Å². The molecule has 17 heavy (non-hydrogen) atoms. The second-order valence-electron chi connectivity index (χ2n) is 3.49. The van der Waals surface area contributed by atoms with Crippen LogP contribution in [0.5, 0.6) is 0 Å². The Bertz CT molecular complexity index is 536. The molecule has 2 aromatic rings. The zero-order valence-electron chi connectivity index (χ0n) is 9.38. The molecule has 0 spiro atoms. The van der Waals surface area contributed by atoms with Gasteiger partial charge in [0.1, 0.15) is 12.1 Å². The van der Waals surface area contributed by atoms with Gasteiger partial charge in [-0.05, 0) is 13.0 Å². The number of aryl methyl sites for hydroxylation is 1. The quantitative estimate of drug-likeness (QED) is 0.754. The first-order valence-corrected chi connectivity index (χ1v) is 5.14. The Labute approximate surface area is 97.6 Å². The van der Waals surface area contributed by atoms with Crippen molar-refractivity contribution in [2.75, 3.05) is 18.5 Å². The SMILES string of the molecule is Cc1cc2c(NCCOC(N)=O)nccn2n1. The monoisotopic (exact) mass is 235 g/mol. The second-order valence-corrected chi connectivity index (χ2v) is 3.49. The summed E-state index contributed by atoms with van der Waals surface area (Å²) in [5, 5.41) is 7.31. The topological polar surface area (TPSA) is 94.5 Å². The van der Waals surface area contributed by atoms with Gasteiger partial charge in [0.05, 0.1) is 12.2 Å². The van der Waals surface area contributed by atoms with Crippen LogP contribution < -0.4 is 11.1 Å². The molecule has 0 unspecified atom stereocenters. The van der Waals surface area contributed by atoms with Crippen molar-refractivity contribution in [3.05, 3.63) is 24.2 Å². The molecule has 0 aromatic carbocycles. The van der Waals surface area contributed by atoms with Crippen molar-refractivity contribution >= 4 is 17.4 Å². The van der Waals surface area contributed by atoms with Gasteiger partial charge < -0.3 is 15.8 Å². The normalized spacial score (nSPS) is 10.4. The van der Waals surface area contributed by atoms with Gasteiger partial charge in [-0.1, -0.05) is 0 Å². The number of nitrogens with two attached hydrogens (primary N) is 1. The minimum atomic E-state index is -0.779. The molecule has 0 saturated heterocycles. The number of rotatable bonds is 4. The van der Waals surface area contributed by atoms with E-state index in [1.165, 1.54) is 0 Å². The van der Waals surface area contributed by atoms with Crippen LogP contribution >= 0.6 is 0 Å². The van der Waals surface area contributed by atoms with E-state index < -0.39 is 6.09 Å². The number of aromatic nitrogens is 3. The van der Waals surface area contributed by atoms with E-state index >= 15 is 0 Å². The third-order valence-electron chi connectivity index (χ3n) is 2.15. The van der Waals surface area contributed by atoms with Crippen LogP contribution in [-0.2, 0) is 4.74 Å². The molecule has 0 saturated carbocycles. The van der Waals surface area contributed by atoms with Gasteiger partial charge >= 0.3 is 6.09 Å². The number of primary amides is 1. The van der Waals surface area contributed by atoms with E-state index in [1.807, 2.05) is 13.0 Å². The van der Waals surface area contributed by atoms with E-state index in [0.29, 0.717) is 12.4 Å². The number of nitrogens with zero attached hydrogens (tertiary/aromatic N) is 3. The summed E-state index contributed by atoms with van der Waals surface area (Å²) in [5.41, 5.74) is 6.64. The average molecular weight is 235 g/mol. The Morgan fingerprint density at radius 1 is 1.65 bits per heavy atom. The fourth-order valence-corrected chi connectivity index (χ4v) is 1.50. The number of ether oxygens (including phenoxy) is 1. The Balaban J connectivity index is 2.05. The van der Waals surface area contributed by atoms with Crippen molar-refractivity contribution in [1.29, 1.82) is 0 Å². The molecule has 0 aliphatic heterocycles. The van der Waals surface area contributed by atoms with Crippen LogP contribution in [0.4, 0.5) is 10.6 Å². The molecule has 2 aromatic heterocycles. The van der Waals surface area contributed by atoms with Crippen LogP contribution in [0.1, 0.15) is 5.69 Å². The minimum Gasteiger partial charge on any atom is -0.448 e. The number of nitrogens with one attached hydrogen (secondary N) is 1. The first-order chi connectivity index (χ1) is 8.16. The first-order valence-electron chi connectivity index (χ1n) is 5.14. The molecule has 2 heterocycles. The van der Waals surface area contributed by atoms with Crippen molar-refractivity contribution in [3.63, 3.8) is 0 Å². The van der Waals surface area contributed by atoms with E-state index in [9.17, 15) is 4.79 Å². The van der Waals surface area contributed by atoms with E-state index in [-0.39, 0.29) is 6.61 Å². The van der Waals surface area contributed by atoms with E-state index in [2.05, 4.69) is 20.1 Å². The van der Waals surface area contributed by atoms with Gasteiger partial charge in [0, 0.05) is 12.4 Å². The van der Waals surface area contributed by atoms with Gasteiger partial charge in [-0.25, -0.2) is 14.3 Å². The molecule has 0 atom stereocenters. The molecule has 0 fully saturated rings. The average Bonchev–Trinajstić information content (AvgIpc) is 2.65. The highest BCUT2D eigenvalue weighted by Gasteiger charge is 2.04. The van der Waals surface area contributed by atoms with Crippen molar-refractivity contribution in [1.82, 2.24) is 14.6 Å². The summed E-state index contributed by atoms with van der Waals surface area (Å²) in [7, 11) is 0. The molecule has 0 radical (unpaired) electrons. The smallest absolute Gasteiger partial charge is 0.404 e. The Morgan fingerprint density at radius 3 is 3.24 bits per heavy atom. The van der Waals surface area contributed by atoms with Crippen molar-refractivity contribution in [2.45, 2.75) is 6.92 Å². The molecule has 7 nitrogen and oxygen atoms in total. The Morgan fingerprint density at radius 2 is 2.47 bits per heavy atom. The molecule has 90 valence electrons. The molecular weight excluding hydrogens is 222 g/mol. The molecule has 1 amide bonds. The number of carbonyl (C=O) groups excluding carboxylic acids is 1. The lowest BCUT2D eigenvalue weighted by molar-refractivity contribution is 0.161. The Hall–Kier alpha value is -2.31. The molecule has 3 N–H and O–H groups in total. The van der Waals surface area contributed by atoms with Gasteiger partial charge in [-0.15, -0.1) is 0 Å². The maximum Gasteiger partial charge on any atom is 0.404 e. The summed E-state index contributed by atoms with van der Waals surface area (Å²) < 4.78 is 6.34. The highest BCUT2D eigenvalue weighted by Crippen LogP contribution is 2.13. The summed E-state index contributed by atoms with van der Waals surface area (Å²) in [6.07, 6.45) is 2.64. The molecule has 7 heteroatoms. The lowest BCUT2D eigenvalue weighted by Crippen LogP contribution is -2.18. The predicted molar refractivity (Wildman–Crippen MR) is 61.7 cm³/mol. The van der Waals surface area contributed by atoms with Crippen LogP contribution in [0.15, 0.2) is 18.5 Å². The first kappa shape index (κ1) is 11.2. The van der Waals surface area contributed by atoms with Gasteiger partial charge in [-0.2, -0.15) is 5.10 Å². The zero-order chi connectivity index (χ0) is 12.3. The standard InChI is InChI=1S/C10H13N5O2/c1-7-6-8-9(12-2-4-15(8)14-7)13-3-5-17-10(11)16/h2,4,6H,3,5H2,1H3,(H2,11,16)(H,12,13). The minimum absolute atomic E-state index is 0.200. The van der Waals surface area contributed by atoms with Crippen LogP contribution in [-0.4, -0.2) is 33.8 Å². The van der Waals surface area contributed by atoms with Crippen molar-refractivity contribution in [2.24, 2.45) is 5.73 Å².